The molecule has 0 saturated heterocycles. The van der Waals surface area contributed by atoms with E-state index in [9.17, 15) is 23.1 Å². The van der Waals surface area contributed by atoms with Crippen LogP contribution in [0.2, 0.25) is 0 Å². The highest BCUT2D eigenvalue weighted by molar-refractivity contribution is 7.15. The number of aromatic amines is 1. The molecule has 2 aromatic heterocycles. The number of aliphatic carboxylic acids is 1. The summed E-state index contributed by atoms with van der Waals surface area (Å²) in [5.74, 6) is -0.191. The Balaban J connectivity index is 1.39. The Morgan fingerprint density at radius 2 is 2.11 bits per heavy atom. The van der Waals surface area contributed by atoms with Crippen molar-refractivity contribution in [2.75, 3.05) is 12.0 Å². The van der Waals surface area contributed by atoms with Gasteiger partial charge in [-0.3, -0.25) is 14.8 Å². The first-order chi connectivity index (χ1) is 17.7. The van der Waals surface area contributed by atoms with Crippen molar-refractivity contribution in [3.63, 3.8) is 0 Å². The Morgan fingerprint density at radius 3 is 2.78 bits per heavy atom. The van der Waals surface area contributed by atoms with E-state index in [1.54, 1.807) is 11.3 Å². The number of alkyl halides is 3. The lowest BCUT2D eigenvalue weighted by molar-refractivity contribution is -0.143. The van der Waals surface area contributed by atoms with E-state index < -0.39 is 17.8 Å². The van der Waals surface area contributed by atoms with Gasteiger partial charge in [0.25, 0.3) is 0 Å². The van der Waals surface area contributed by atoms with Gasteiger partial charge in [-0.05, 0) is 56.5 Å². The first-order valence-electron chi connectivity index (χ1n) is 11.9. The van der Waals surface area contributed by atoms with Gasteiger partial charge in [-0.25, -0.2) is 4.98 Å². The van der Waals surface area contributed by atoms with Gasteiger partial charge in [0, 0.05) is 46.7 Å². The van der Waals surface area contributed by atoms with E-state index in [-0.39, 0.29) is 18.5 Å². The summed E-state index contributed by atoms with van der Waals surface area (Å²) in [6.45, 7) is 5.20. The fourth-order valence-corrected chi connectivity index (χ4v) is 5.77. The minimum Gasteiger partial charge on any atom is -0.481 e. The third-order valence-corrected chi connectivity index (χ3v) is 8.09. The van der Waals surface area contributed by atoms with Gasteiger partial charge < -0.3 is 15.4 Å². The second kappa shape index (κ2) is 11.3. The van der Waals surface area contributed by atoms with Gasteiger partial charge in [-0.1, -0.05) is 13.0 Å². The molecule has 196 valence electrons. The monoisotopic (exact) mass is 531 g/mol. The van der Waals surface area contributed by atoms with Crippen LogP contribution in [0.3, 0.4) is 0 Å². The van der Waals surface area contributed by atoms with Crippen molar-refractivity contribution in [1.29, 1.82) is 0 Å². The molecule has 11 heteroatoms. The maximum atomic E-state index is 12.6. The third kappa shape index (κ3) is 6.27. The number of H-pyrrole nitrogens is 1. The molecule has 0 aliphatic heterocycles. The van der Waals surface area contributed by atoms with E-state index in [2.05, 4.69) is 33.9 Å². The molecule has 0 radical (unpaired) electrons. The summed E-state index contributed by atoms with van der Waals surface area (Å²) in [7, 11) is 0. The molecule has 1 atom stereocenters. The number of aromatic nitrogens is 2. The Bertz CT molecular complexity index is 1320. The Hall–Kier alpha value is -3.47. The van der Waals surface area contributed by atoms with Gasteiger partial charge in [-0.2, -0.15) is 13.2 Å². The van der Waals surface area contributed by atoms with Crippen LogP contribution < -0.4 is 5.32 Å². The molecule has 1 unspecified atom stereocenters. The topological polar surface area (TPSA) is 103 Å². The van der Waals surface area contributed by atoms with Crippen LogP contribution >= 0.6 is 11.3 Å². The van der Waals surface area contributed by atoms with Crippen LogP contribution in [-0.2, 0) is 4.79 Å². The molecule has 7 nitrogen and oxygen atoms in total. The van der Waals surface area contributed by atoms with Crippen LogP contribution in [0.15, 0.2) is 52.4 Å². The Labute approximate surface area is 216 Å². The molecule has 37 heavy (non-hydrogen) atoms. The maximum Gasteiger partial charge on any atom is 0.433 e. The lowest BCUT2D eigenvalue weighted by atomic mass is 9.76. The number of carbonyl (C=O) groups is 1. The summed E-state index contributed by atoms with van der Waals surface area (Å²) in [6.07, 6.45) is 4.37. The Morgan fingerprint density at radius 1 is 1.35 bits per heavy atom. The standard InChI is InChI=1S/C26H28F3N5O2S/c1-15(16-3-5-17(6-4-16)25(35)36)24-33-13-22(37-24)20-12-32-21-11-18(7-8-19(20)21)34-14-31-10-9-23(30-2)26(27,28)29/h7-13,15-17,32,34H,2-6,14H2,1H3,(H,35,36)/b23-9-,31-10-. The second-order valence-electron chi connectivity index (χ2n) is 9.14. The van der Waals surface area contributed by atoms with Crippen molar-refractivity contribution in [1.82, 2.24) is 9.97 Å². The fourth-order valence-electron chi connectivity index (χ4n) is 4.68. The van der Waals surface area contributed by atoms with Crippen molar-refractivity contribution in [3.05, 3.63) is 47.4 Å². The molecule has 1 saturated carbocycles. The minimum atomic E-state index is -4.56. The minimum absolute atomic E-state index is 0.0995. The number of aliphatic imine (C=N–C) groups is 2. The van der Waals surface area contributed by atoms with Crippen LogP contribution in [0.4, 0.5) is 18.9 Å². The number of anilines is 1. The lowest BCUT2D eigenvalue weighted by Gasteiger charge is -2.29. The molecule has 3 N–H and O–H groups in total. The fraction of sp³-hybridized carbons (Fsp3) is 0.385. The van der Waals surface area contributed by atoms with Gasteiger partial charge in [0.15, 0.2) is 0 Å². The van der Waals surface area contributed by atoms with Gasteiger partial charge in [0.2, 0.25) is 0 Å². The van der Waals surface area contributed by atoms with E-state index in [1.807, 2.05) is 30.6 Å². The summed E-state index contributed by atoms with van der Waals surface area (Å²) in [5, 5.41) is 14.4. The average molecular weight is 532 g/mol. The smallest absolute Gasteiger partial charge is 0.433 e. The zero-order chi connectivity index (χ0) is 26.6. The molecule has 1 fully saturated rings. The first kappa shape index (κ1) is 26.6. The Kier molecular flexibility index (Phi) is 8.11. The summed E-state index contributed by atoms with van der Waals surface area (Å²) < 4.78 is 37.9. The number of hydrogen-bond acceptors (Lipinski definition) is 6. The van der Waals surface area contributed by atoms with Crippen LogP contribution in [0.25, 0.3) is 21.3 Å². The third-order valence-electron chi connectivity index (χ3n) is 6.86. The predicted octanol–water partition coefficient (Wildman–Crippen LogP) is 6.87. The average Bonchev–Trinajstić information content (AvgIpc) is 3.52. The number of nitrogens with one attached hydrogen (secondary N) is 2. The van der Waals surface area contributed by atoms with E-state index >= 15 is 0 Å². The molecular formula is C26H28F3N5O2S. The lowest BCUT2D eigenvalue weighted by Crippen LogP contribution is -2.23. The quantitative estimate of drug-likeness (QED) is 0.262. The number of hydrogen-bond donors (Lipinski definition) is 3. The molecule has 3 aromatic rings. The molecule has 0 bridgehead atoms. The number of fused-ring (bicyclic) bond motifs is 1. The second-order valence-corrected chi connectivity index (χ2v) is 10.2. The van der Waals surface area contributed by atoms with Crippen molar-refractivity contribution >= 4 is 46.8 Å². The summed E-state index contributed by atoms with van der Waals surface area (Å²) in [4.78, 5) is 27.2. The summed E-state index contributed by atoms with van der Waals surface area (Å²) in [5.41, 5.74) is 1.64. The summed E-state index contributed by atoms with van der Waals surface area (Å²) in [6, 6.07) is 5.79. The van der Waals surface area contributed by atoms with Crippen molar-refractivity contribution in [2.24, 2.45) is 21.8 Å². The van der Waals surface area contributed by atoms with Crippen LogP contribution in [0.1, 0.15) is 43.5 Å². The molecule has 1 aliphatic rings. The van der Waals surface area contributed by atoms with E-state index in [0.717, 1.165) is 70.0 Å². The highest BCUT2D eigenvalue weighted by Gasteiger charge is 2.33. The highest BCUT2D eigenvalue weighted by Crippen LogP contribution is 2.41. The number of carboxylic acid groups (broad SMARTS) is 1. The van der Waals surface area contributed by atoms with Gasteiger partial charge in [0.1, 0.15) is 12.4 Å². The van der Waals surface area contributed by atoms with Crippen LogP contribution in [0.5, 0.6) is 0 Å². The molecule has 1 aliphatic carbocycles. The van der Waals surface area contributed by atoms with E-state index in [0.29, 0.717) is 5.92 Å². The number of nitrogens with zero attached hydrogens (tertiary/aromatic N) is 3. The number of benzene rings is 1. The van der Waals surface area contributed by atoms with Gasteiger partial charge in [-0.15, -0.1) is 11.3 Å². The van der Waals surface area contributed by atoms with Crippen LogP contribution in [-0.4, -0.2) is 46.8 Å². The largest absolute Gasteiger partial charge is 0.481 e. The maximum absolute atomic E-state index is 12.6. The number of halogens is 3. The number of rotatable bonds is 9. The number of thiazole rings is 1. The van der Waals surface area contributed by atoms with Gasteiger partial charge in [0.05, 0.1) is 15.8 Å². The highest BCUT2D eigenvalue weighted by atomic mass is 32.1. The molecule has 0 spiro atoms. The molecule has 1 aromatic carbocycles. The first-order valence-corrected chi connectivity index (χ1v) is 12.8. The predicted molar refractivity (Wildman–Crippen MR) is 142 cm³/mol. The van der Waals surface area contributed by atoms with Gasteiger partial charge >= 0.3 is 12.1 Å². The summed E-state index contributed by atoms with van der Waals surface area (Å²) >= 11 is 1.66. The van der Waals surface area contributed by atoms with E-state index in [1.165, 1.54) is 0 Å². The number of allylic oxidation sites excluding steroid dienone is 2. The van der Waals surface area contributed by atoms with Crippen molar-refractivity contribution in [2.45, 2.75) is 44.7 Å². The molecule has 0 amide bonds. The van der Waals surface area contributed by atoms with E-state index in [4.69, 9.17) is 4.98 Å². The number of carboxylic acids is 1. The zero-order valence-electron chi connectivity index (χ0n) is 20.3. The molecule has 2 heterocycles. The van der Waals surface area contributed by atoms with Crippen molar-refractivity contribution in [3.8, 4) is 10.4 Å². The normalized spacial score (nSPS) is 19.8. The van der Waals surface area contributed by atoms with Crippen LogP contribution in [0, 0.1) is 11.8 Å². The molecule has 4 rings (SSSR count). The SMILES string of the molecule is C=N/C(=C\C=N/CNc1ccc2c(-c3cnc(C(C)C4CCC(C(=O)O)CC4)s3)c[nH]c2c1)C(F)(F)F. The molecular weight excluding hydrogens is 503 g/mol. The van der Waals surface area contributed by atoms with Crippen molar-refractivity contribution < 1.29 is 23.1 Å². The zero-order valence-corrected chi connectivity index (χ0v) is 21.1.